The molecule has 1 heterocycles. The second-order valence-electron chi connectivity index (χ2n) is 8.11. The summed E-state index contributed by atoms with van der Waals surface area (Å²) in [5.74, 6) is -0.00866. The molecule has 3 aromatic carbocycles. The van der Waals surface area contributed by atoms with E-state index in [-0.39, 0.29) is 17.3 Å². The Morgan fingerprint density at radius 3 is 2.52 bits per heavy atom. The number of benzene rings is 3. The Morgan fingerprint density at radius 1 is 0.968 bits per heavy atom. The Balaban J connectivity index is 1.49. The van der Waals surface area contributed by atoms with Crippen LogP contribution >= 0.6 is 0 Å². The summed E-state index contributed by atoms with van der Waals surface area (Å²) >= 11 is 0. The highest BCUT2D eigenvalue weighted by Gasteiger charge is 2.26. The minimum atomic E-state index is -3.59. The van der Waals surface area contributed by atoms with Crippen molar-refractivity contribution in [1.29, 1.82) is 0 Å². The average molecular weight is 435 g/mol. The zero-order chi connectivity index (χ0) is 22.2. The molecular weight excluding hydrogens is 408 g/mol. The van der Waals surface area contributed by atoms with E-state index in [1.54, 1.807) is 17.0 Å². The van der Waals surface area contributed by atoms with Crippen molar-refractivity contribution in [2.75, 3.05) is 11.4 Å². The lowest BCUT2D eigenvalue weighted by atomic mass is 10.1. The SMILES string of the molecule is Cc1cccc(C(=O)N2CCc3cc(CNS(=O)(=O)c4ccc(C)c(C)c4)ccc32)c1. The zero-order valence-corrected chi connectivity index (χ0v) is 18.8. The summed E-state index contributed by atoms with van der Waals surface area (Å²) < 4.78 is 28.0. The fraction of sp³-hybridized carbons (Fsp3) is 0.240. The van der Waals surface area contributed by atoms with Crippen molar-refractivity contribution in [2.24, 2.45) is 0 Å². The first kappa shape index (κ1) is 21.3. The number of aryl methyl sites for hydroxylation is 3. The van der Waals surface area contributed by atoms with Crippen molar-refractivity contribution in [3.05, 3.63) is 94.0 Å². The van der Waals surface area contributed by atoms with Gasteiger partial charge in [-0.25, -0.2) is 13.1 Å². The van der Waals surface area contributed by atoms with E-state index < -0.39 is 10.0 Å². The molecule has 0 unspecified atom stereocenters. The first-order valence-corrected chi connectivity index (χ1v) is 11.8. The third kappa shape index (κ3) is 4.40. The number of carbonyl (C=O) groups excluding carboxylic acids is 1. The highest BCUT2D eigenvalue weighted by molar-refractivity contribution is 7.89. The molecule has 0 saturated carbocycles. The lowest BCUT2D eigenvalue weighted by Gasteiger charge is -2.18. The molecule has 1 N–H and O–H groups in total. The van der Waals surface area contributed by atoms with E-state index in [2.05, 4.69) is 4.72 Å². The molecule has 3 aromatic rings. The van der Waals surface area contributed by atoms with Crippen molar-refractivity contribution in [3.63, 3.8) is 0 Å². The van der Waals surface area contributed by atoms with E-state index in [1.165, 1.54) is 0 Å². The molecule has 0 radical (unpaired) electrons. The van der Waals surface area contributed by atoms with Gasteiger partial charge in [0.05, 0.1) is 4.90 Å². The van der Waals surface area contributed by atoms with Gasteiger partial charge in [0, 0.05) is 24.3 Å². The monoisotopic (exact) mass is 434 g/mol. The van der Waals surface area contributed by atoms with Crippen LogP contribution in [-0.2, 0) is 23.0 Å². The van der Waals surface area contributed by atoms with Crippen molar-refractivity contribution in [2.45, 2.75) is 38.6 Å². The van der Waals surface area contributed by atoms with Gasteiger partial charge in [0.1, 0.15) is 0 Å². The molecule has 0 bridgehead atoms. The smallest absolute Gasteiger partial charge is 0.258 e. The topological polar surface area (TPSA) is 66.5 Å². The number of rotatable bonds is 5. The Kier molecular flexibility index (Phi) is 5.69. The highest BCUT2D eigenvalue weighted by Crippen LogP contribution is 2.30. The minimum Gasteiger partial charge on any atom is -0.308 e. The summed E-state index contributed by atoms with van der Waals surface area (Å²) in [5, 5.41) is 0. The average Bonchev–Trinajstić information content (AvgIpc) is 3.17. The highest BCUT2D eigenvalue weighted by atomic mass is 32.2. The molecule has 0 aromatic heterocycles. The van der Waals surface area contributed by atoms with Gasteiger partial charge in [-0.3, -0.25) is 4.79 Å². The molecule has 6 heteroatoms. The quantitative estimate of drug-likeness (QED) is 0.651. The molecule has 4 rings (SSSR count). The molecule has 0 atom stereocenters. The lowest BCUT2D eigenvalue weighted by molar-refractivity contribution is 0.0989. The second-order valence-corrected chi connectivity index (χ2v) is 9.88. The first-order valence-electron chi connectivity index (χ1n) is 10.3. The maximum Gasteiger partial charge on any atom is 0.258 e. The van der Waals surface area contributed by atoms with E-state index in [9.17, 15) is 13.2 Å². The molecule has 0 saturated heterocycles. The van der Waals surface area contributed by atoms with Crippen molar-refractivity contribution in [1.82, 2.24) is 4.72 Å². The molecule has 160 valence electrons. The number of hydrogen-bond acceptors (Lipinski definition) is 3. The minimum absolute atomic E-state index is 0.00866. The number of hydrogen-bond donors (Lipinski definition) is 1. The maximum atomic E-state index is 12.9. The van der Waals surface area contributed by atoms with Crippen LogP contribution in [0.1, 0.15) is 38.2 Å². The van der Waals surface area contributed by atoms with Crippen LogP contribution in [0.3, 0.4) is 0 Å². The molecule has 0 aliphatic carbocycles. The molecule has 1 aliphatic rings. The zero-order valence-electron chi connectivity index (χ0n) is 18.0. The normalized spacial score (nSPS) is 13.3. The Labute approximate surface area is 183 Å². The summed E-state index contributed by atoms with van der Waals surface area (Å²) in [6, 6.07) is 18.5. The van der Waals surface area contributed by atoms with Crippen molar-refractivity contribution in [3.8, 4) is 0 Å². The third-order valence-corrected chi connectivity index (χ3v) is 7.20. The van der Waals surface area contributed by atoms with Gasteiger partial charge in [0.25, 0.3) is 5.91 Å². The maximum absolute atomic E-state index is 12.9. The fourth-order valence-corrected chi connectivity index (χ4v) is 4.96. The molecule has 0 spiro atoms. The number of carbonyl (C=O) groups is 1. The largest absolute Gasteiger partial charge is 0.308 e. The fourth-order valence-electron chi connectivity index (χ4n) is 3.85. The van der Waals surface area contributed by atoms with Gasteiger partial charge < -0.3 is 4.90 Å². The van der Waals surface area contributed by atoms with Gasteiger partial charge in [-0.1, -0.05) is 35.9 Å². The Bertz CT molecular complexity index is 1270. The van der Waals surface area contributed by atoms with Gasteiger partial charge in [-0.15, -0.1) is 0 Å². The van der Waals surface area contributed by atoms with Gasteiger partial charge in [0.15, 0.2) is 0 Å². The number of amides is 1. The first-order chi connectivity index (χ1) is 14.7. The molecule has 1 amide bonds. The second kappa shape index (κ2) is 8.29. The molecular formula is C25H26N2O3S. The summed E-state index contributed by atoms with van der Waals surface area (Å²) in [4.78, 5) is 15.0. The molecule has 1 aliphatic heterocycles. The summed E-state index contributed by atoms with van der Waals surface area (Å²) in [5.41, 5.74) is 6.56. The van der Waals surface area contributed by atoms with E-state index >= 15 is 0 Å². The van der Waals surface area contributed by atoms with Gasteiger partial charge in [0.2, 0.25) is 10.0 Å². The number of nitrogens with one attached hydrogen (secondary N) is 1. The van der Waals surface area contributed by atoms with E-state index in [0.717, 1.165) is 39.9 Å². The van der Waals surface area contributed by atoms with Gasteiger partial charge in [-0.2, -0.15) is 0 Å². The van der Waals surface area contributed by atoms with Crippen LogP contribution in [0, 0.1) is 20.8 Å². The van der Waals surface area contributed by atoms with Crippen LogP contribution in [0.25, 0.3) is 0 Å². The van der Waals surface area contributed by atoms with Crippen LogP contribution in [0.15, 0.2) is 65.6 Å². The van der Waals surface area contributed by atoms with Crippen LogP contribution < -0.4 is 9.62 Å². The van der Waals surface area contributed by atoms with E-state index in [0.29, 0.717) is 12.1 Å². The van der Waals surface area contributed by atoms with Gasteiger partial charge in [-0.05, 0) is 79.8 Å². The van der Waals surface area contributed by atoms with Crippen LogP contribution in [-0.4, -0.2) is 20.9 Å². The Morgan fingerprint density at radius 2 is 1.77 bits per heavy atom. The number of fused-ring (bicyclic) bond motifs is 1. The lowest BCUT2D eigenvalue weighted by Crippen LogP contribution is -2.28. The predicted molar refractivity (Wildman–Crippen MR) is 123 cm³/mol. The standard InChI is InChI=1S/C25H26N2O3S/c1-17-5-4-6-22(13-17)25(28)27-12-11-21-15-20(8-10-24(21)27)16-26-31(29,30)23-9-7-18(2)19(3)14-23/h4-10,13-15,26H,11-12,16H2,1-3H3. The van der Waals surface area contributed by atoms with Crippen LogP contribution in [0.4, 0.5) is 5.69 Å². The molecule has 5 nitrogen and oxygen atoms in total. The number of nitrogens with zero attached hydrogens (tertiary/aromatic N) is 1. The Hall–Kier alpha value is -2.96. The van der Waals surface area contributed by atoms with Crippen LogP contribution in [0.5, 0.6) is 0 Å². The summed E-state index contributed by atoms with van der Waals surface area (Å²) in [6.45, 7) is 6.66. The molecule has 0 fully saturated rings. The van der Waals surface area contributed by atoms with Crippen LogP contribution in [0.2, 0.25) is 0 Å². The predicted octanol–water partition coefficient (Wildman–Crippen LogP) is 4.29. The van der Waals surface area contributed by atoms with Crippen molar-refractivity contribution < 1.29 is 13.2 Å². The third-order valence-electron chi connectivity index (χ3n) is 5.80. The van der Waals surface area contributed by atoms with Gasteiger partial charge >= 0.3 is 0 Å². The summed E-state index contributed by atoms with van der Waals surface area (Å²) in [7, 11) is -3.59. The number of anilines is 1. The number of sulfonamides is 1. The van der Waals surface area contributed by atoms with Crippen molar-refractivity contribution >= 4 is 21.6 Å². The molecule has 31 heavy (non-hydrogen) atoms. The summed E-state index contributed by atoms with van der Waals surface area (Å²) in [6.07, 6.45) is 0.755. The van der Waals surface area contributed by atoms with E-state index in [4.69, 9.17) is 0 Å². The van der Waals surface area contributed by atoms with E-state index in [1.807, 2.05) is 69.3 Å².